The number of nitrogens with zero attached hydrogens (tertiary/aromatic N) is 3. The zero-order valence-corrected chi connectivity index (χ0v) is 37.8. The van der Waals surface area contributed by atoms with Gasteiger partial charge in [0.15, 0.2) is 0 Å². The van der Waals surface area contributed by atoms with Crippen LogP contribution in [0.1, 0.15) is 149 Å². The molecule has 3 aliphatic carbocycles. The van der Waals surface area contributed by atoms with Crippen LogP contribution in [0.25, 0.3) is 50.6 Å². The Hall–Kier alpha value is -6.26. The lowest BCUT2D eigenvalue weighted by atomic mass is 9.60. The van der Waals surface area contributed by atoms with Gasteiger partial charge in [-0.2, -0.15) is 0 Å². The third kappa shape index (κ3) is 6.24. The Morgan fingerprint density at radius 2 is 1.08 bits per heavy atom. The van der Waals surface area contributed by atoms with Gasteiger partial charge in [0.05, 0.1) is 28.1 Å². The number of para-hydroxylation sites is 3. The summed E-state index contributed by atoms with van der Waals surface area (Å²) in [5.74, 6) is 1.92. The summed E-state index contributed by atoms with van der Waals surface area (Å²) in [7, 11) is 0. The first-order valence-corrected chi connectivity index (χ1v) is 22.4. The van der Waals surface area contributed by atoms with Crippen molar-refractivity contribution in [1.29, 1.82) is 0 Å². The second kappa shape index (κ2) is 14.4. The van der Waals surface area contributed by atoms with Gasteiger partial charge in [-0.05, 0) is 115 Å². The highest BCUT2D eigenvalue weighted by Crippen LogP contribution is 2.58. The zero-order valence-electron chi connectivity index (χ0n) is 37.8. The Morgan fingerprint density at radius 3 is 1.66 bits per heavy atom. The number of aromatic nitrogens is 3. The number of phenolic OH excluding ortho intramolecular Hbond substituents is 1. The van der Waals surface area contributed by atoms with Crippen LogP contribution in [0, 0.1) is 0 Å². The average Bonchev–Trinajstić information content (AvgIpc) is 3.64. The number of imidazole rings is 1. The molecule has 0 saturated heterocycles. The van der Waals surface area contributed by atoms with Crippen molar-refractivity contribution in [2.45, 2.75) is 104 Å². The van der Waals surface area contributed by atoms with Gasteiger partial charge in [0.25, 0.3) is 0 Å². The van der Waals surface area contributed by atoms with Crippen molar-refractivity contribution >= 4 is 11.0 Å². The average molecular weight is 812 g/mol. The SMILES string of the molecule is CC(C)c1cccc(C(C)C)c1-n1c(-c2cc(-c3cccc(-c4cc(C(C)(C)C)cc(C(C)(C)C)c4O)n3)c3c(c2)C2c4ccccc4C3c3ccccc32)nc2ccccc21. The molecule has 0 amide bonds. The predicted octanol–water partition coefficient (Wildman–Crippen LogP) is 15.0. The number of rotatable bonds is 6. The van der Waals surface area contributed by atoms with E-state index in [0.29, 0.717) is 17.6 Å². The lowest BCUT2D eigenvalue weighted by Gasteiger charge is -2.43. The first-order valence-electron chi connectivity index (χ1n) is 22.4. The number of hydrogen-bond donors (Lipinski definition) is 1. The first-order chi connectivity index (χ1) is 29.6. The van der Waals surface area contributed by atoms with E-state index < -0.39 is 0 Å². The largest absolute Gasteiger partial charge is 0.507 e. The third-order valence-electron chi connectivity index (χ3n) is 13.5. The molecule has 2 aromatic heterocycles. The zero-order chi connectivity index (χ0) is 43.4. The number of fused-ring (bicyclic) bond motifs is 1. The van der Waals surface area contributed by atoms with Crippen LogP contribution in [-0.2, 0) is 10.8 Å². The molecule has 0 radical (unpaired) electrons. The molecule has 2 heterocycles. The fraction of sp³-hybridized carbons (Fsp3) is 0.276. The van der Waals surface area contributed by atoms with Gasteiger partial charge in [-0.15, -0.1) is 0 Å². The number of hydrogen-bond acceptors (Lipinski definition) is 3. The molecule has 11 rings (SSSR count). The number of aromatic hydroxyl groups is 1. The predicted molar refractivity (Wildman–Crippen MR) is 257 cm³/mol. The molecular weight excluding hydrogens is 755 g/mol. The molecule has 4 heteroatoms. The molecule has 0 spiro atoms. The molecule has 0 aliphatic heterocycles. The van der Waals surface area contributed by atoms with Gasteiger partial charge in [0, 0.05) is 34.1 Å². The van der Waals surface area contributed by atoms with Crippen molar-refractivity contribution in [1.82, 2.24) is 14.5 Å². The Balaban J connectivity index is 1.29. The van der Waals surface area contributed by atoms with E-state index in [2.05, 4.69) is 207 Å². The van der Waals surface area contributed by atoms with E-state index in [9.17, 15) is 5.11 Å². The monoisotopic (exact) mass is 811 g/mol. The van der Waals surface area contributed by atoms with Crippen molar-refractivity contribution in [2.75, 3.05) is 0 Å². The molecule has 4 nitrogen and oxygen atoms in total. The molecule has 0 unspecified atom stereocenters. The van der Waals surface area contributed by atoms with Gasteiger partial charge < -0.3 is 5.11 Å². The van der Waals surface area contributed by atoms with Crippen molar-refractivity contribution in [2.24, 2.45) is 0 Å². The maximum Gasteiger partial charge on any atom is 0.145 e. The van der Waals surface area contributed by atoms with Crippen LogP contribution in [-0.4, -0.2) is 19.6 Å². The smallest absolute Gasteiger partial charge is 0.145 e. The van der Waals surface area contributed by atoms with Gasteiger partial charge >= 0.3 is 0 Å². The Kier molecular flexibility index (Phi) is 9.26. The van der Waals surface area contributed by atoms with E-state index in [1.807, 2.05) is 0 Å². The lowest BCUT2D eigenvalue weighted by Crippen LogP contribution is -2.28. The molecule has 62 heavy (non-hydrogen) atoms. The van der Waals surface area contributed by atoms with Gasteiger partial charge in [-0.25, -0.2) is 9.97 Å². The minimum atomic E-state index is -0.264. The topological polar surface area (TPSA) is 50.9 Å². The fourth-order valence-electron chi connectivity index (χ4n) is 10.4. The second-order valence-electron chi connectivity index (χ2n) is 20.3. The second-order valence-corrected chi connectivity index (χ2v) is 20.3. The highest BCUT2D eigenvalue weighted by atomic mass is 16.3. The van der Waals surface area contributed by atoms with Crippen LogP contribution in [0.5, 0.6) is 5.75 Å². The third-order valence-corrected chi connectivity index (χ3v) is 13.5. The van der Waals surface area contributed by atoms with E-state index in [-0.39, 0.29) is 22.7 Å². The summed E-state index contributed by atoms with van der Waals surface area (Å²) in [5, 5.41) is 12.1. The lowest BCUT2D eigenvalue weighted by molar-refractivity contribution is 0.446. The van der Waals surface area contributed by atoms with E-state index in [4.69, 9.17) is 9.97 Å². The van der Waals surface area contributed by atoms with E-state index in [1.165, 1.54) is 55.8 Å². The van der Waals surface area contributed by atoms with Crippen LogP contribution in [0.2, 0.25) is 0 Å². The summed E-state index contributed by atoms with van der Waals surface area (Å²) in [6.07, 6.45) is 0. The van der Waals surface area contributed by atoms with Gasteiger partial charge in [-0.1, -0.05) is 160 Å². The number of pyridine rings is 1. The van der Waals surface area contributed by atoms with Crippen molar-refractivity contribution in [3.05, 3.63) is 189 Å². The van der Waals surface area contributed by atoms with Gasteiger partial charge in [-0.3, -0.25) is 4.57 Å². The first kappa shape index (κ1) is 39.9. The summed E-state index contributed by atoms with van der Waals surface area (Å²) in [6, 6.07) is 48.9. The molecule has 8 aromatic rings. The highest BCUT2D eigenvalue weighted by molar-refractivity contribution is 5.88. The van der Waals surface area contributed by atoms with Crippen LogP contribution >= 0.6 is 0 Å². The summed E-state index contributed by atoms with van der Waals surface area (Å²) in [5.41, 5.74) is 20.3. The molecule has 1 N–H and O–H groups in total. The summed E-state index contributed by atoms with van der Waals surface area (Å²) >= 11 is 0. The molecule has 0 fully saturated rings. The van der Waals surface area contributed by atoms with Crippen molar-refractivity contribution < 1.29 is 5.11 Å². The fourth-order valence-corrected chi connectivity index (χ4v) is 10.4. The van der Waals surface area contributed by atoms with Crippen LogP contribution in [0.3, 0.4) is 0 Å². The summed E-state index contributed by atoms with van der Waals surface area (Å²) < 4.78 is 2.45. The minimum Gasteiger partial charge on any atom is -0.507 e. The number of benzene rings is 6. The minimum absolute atomic E-state index is 0.0371. The quantitative estimate of drug-likeness (QED) is 0.182. The van der Waals surface area contributed by atoms with Crippen LogP contribution in [0.15, 0.2) is 133 Å². The molecular formula is C58H57N3O. The van der Waals surface area contributed by atoms with Crippen molar-refractivity contribution in [3.63, 3.8) is 0 Å². The Bertz CT molecular complexity index is 3000. The molecule has 6 aromatic carbocycles. The van der Waals surface area contributed by atoms with Crippen LogP contribution < -0.4 is 0 Å². The summed E-state index contributed by atoms with van der Waals surface area (Å²) in [6.45, 7) is 22.4. The number of phenols is 1. The maximum absolute atomic E-state index is 12.1. The Morgan fingerprint density at radius 1 is 0.532 bits per heavy atom. The highest BCUT2D eigenvalue weighted by Gasteiger charge is 2.43. The standard InChI is InChI=1S/C58H57N3O/c1-33(2)37-23-17-24-38(34(3)4)54(37)61-50-28-16-15-25-49(50)60-56(61)35-29-43(53-45(30-35)51-39-19-11-13-21-41(39)52(53)42-22-14-12-20-40(42)51)47-26-18-27-48(59-47)44-31-36(57(5,6)7)32-46(55(44)62)58(8,9)10/h11-34,51-52,62H,1-10H3. The van der Waals surface area contributed by atoms with E-state index in [1.54, 1.807) is 0 Å². The normalized spacial score (nSPS) is 15.6. The molecule has 0 saturated carbocycles. The summed E-state index contributed by atoms with van der Waals surface area (Å²) in [4.78, 5) is 11.1. The molecule has 310 valence electrons. The molecule has 0 atom stereocenters. The van der Waals surface area contributed by atoms with Crippen molar-refractivity contribution in [3.8, 4) is 45.3 Å². The van der Waals surface area contributed by atoms with Crippen LogP contribution in [0.4, 0.5) is 0 Å². The van der Waals surface area contributed by atoms with E-state index >= 15 is 0 Å². The maximum atomic E-state index is 12.1. The molecule has 3 aliphatic rings. The van der Waals surface area contributed by atoms with Gasteiger partial charge in [0.1, 0.15) is 11.6 Å². The Labute approximate surface area is 367 Å². The van der Waals surface area contributed by atoms with E-state index in [0.717, 1.165) is 50.5 Å². The van der Waals surface area contributed by atoms with Gasteiger partial charge in [0.2, 0.25) is 0 Å². The molecule has 2 bridgehead atoms.